The minimum Gasteiger partial charge on any atom is -0.381 e. The van der Waals surface area contributed by atoms with Crippen LogP contribution in [0.1, 0.15) is 26.2 Å². The summed E-state index contributed by atoms with van der Waals surface area (Å²) < 4.78 is 5.32. The minimum atomic E-state index is -0.104. The molecule has 0 aliphatic carbocycles. The molecule has 76 valence electrons. The van der Waals surface area contributed by atoms with Crippen LogP contribution in [0.4, 0.5) is 0 Å². The predicted octanol–water partition coefficient (Wildman–Crippen LogP) is 1.20. The Labute approximate surface area is 83.1 Å². The highest BCUT2D eigenvalue weighted by Gasteiger charge is 2.29. The molecular formula is C10H14N2O2. The standard InChI is InChI=1S/C10H14N2O2/c1-2-9-11-8-4-6-14-5-3-7(8)10(13)12-9/h7H,2-6H2,1H3/t7-/m1/s1. The second-order valence-electron chi connectivity index (χ2n) is 3.53. The van der Waals surface area contributed by atoms with E-state index in [4.69, 9.17) is 4.74 Å². The van der Waals surface area contributed by atoms with Crippen LogP contribution < -0.4 is 0 Å². The van der Waals surface area contributed by atoms with Crippen molar-refractivity contribution in [3.8, 4) is 0 Å². The number of hydrogen-bond acceptors (Lipinski definition) is 3. The number of fused-ring (bicyclic) bond motifs is 1. The second kappa shape index (κ2) is 4.00. The number of aliphatic imine (C=N–C) groups is 2. The first kappa shape index (κ1) is 9.52. The van der Waals surface area contributed by atoms with Crippen molar-refractivity contribution in [2.45, 2.75) is 26.2 Å². The molecular weight excluding hydrogens is 180 g/mol. The second-order valence-corrected chi connectivity index (χ2v) is 3.53. The summed E-state index contributed by atoms with van der Waals surface area (Å²) in [5.74, 6) is 0.535. The number of hydrogen-bond donors (Lipinski definition) is 0. The lowest BCUT2D eigenvalue weighted by atomic mass is 9.96. The Kier molecular flexibility index (Phi) is 2.72. The van der Waals surface area contributed by atoms with Crippen LogP contribution in [0.25, 0.3) is 0 Å². The summed E-state index contributed by atoms with van der Waals surface area (Å²) >= 11 is 0. The zero-order chi connectivity index (χ0) is 9.97. The van der Waals surface area contributed by atoms with Crippen molar-refractivity contribution in [3.63, 3.8) is 0 Å². The Balaban J connectivity index is 2.25. The summed E-state index contributed by atoms with van der Waals surface area (Å²) in [6.45, 7) is 3.29. The third kappa shape index (κ3) is 1.75. The first-order chi connectivity index (χ1) is 6.81. The summed E-state index contributed by atoms with van der Waals surface area (Å²) in [6, 6.07) is 0. The Morgan fingerprint density at radius 1 is 1.43 bits per heavy atom. The van der Waals surface area contributed by atoms with Gasteiger partial charge in [-0.05, 0) is 6.42 Å². The zero-order valence-corrected chi connectivity index (χ0v) is 8.32. The maximum absolute atomic E-state index is 11.6. The van der Waals surface area contributed by atoms with Crippen molar-refractivity contribution >= 4 is 17.5 Å². The number of carbonyl (C=O) groups is 1. The largest absolute Gasteiger partial charge is 0.381 e. The van der Waals surface area contributed by atoms with E-state index >= 15 is 0 Å². The molecule has 0 spiro atoms. The van der Waals surface area contributed by atoms with Crippen molar-refractivity contribution in [1.29, 1.82) is 0 Å². The Hall–Kier alpha value is -1.03. The summed E-state index contributed by atoms with van der Waals surface area (Å²) in [5.41, 5.74) is 0.972. The van der Waals surface area contributed by atoms with Gasteiger partial charge in [0, 0.05) is 25.2 Å². The van der Waals surface area contributed by atoms with E-state index in [2.05, 4.69) is 9.98 Å². The lowest BCUT2D eigenvalue weighted by Gasteiger charge is -2.16. The van der Waals surface area contributed by atoms with E-state index in [9.17, 15) is 4.79 Å². The molecule has 14 heavy (non-hydrogen) atoms. The van der Waals surface area contributed by atoms with Crippen LogP contribution >= 0.6 is 0 Å². The van der Waals surface area contributed by atoms with Crippen LogP contribution in [0.5, 0.6) is 0 Å². The van der Waals surface area contributed by atoms with Crippen molar-refractivity contribution in [1.82, 2.24) is 0 Å². The van der Waals surface area contributed by atoms with Crippen LogP contribution in [-0.2, 0) is 9.53 Å². The highest BCUT2D eigenvalue weighted by molar-refractivity contribution is 6.16. The number of nitrogens with zero attached hydrogens (tertiary/aromatic N) is 2. The molecule has 2 rings (SSSR count). The molecule has 1 fully saturated rings. The topological polar surface area (TPSA) is 51.0 Å². The lowest BCUT2D eigenvalue weighted by molar-refractivity contribution is -0.120. The zero-order valence-electron chi connectivity index (χ0n) is 8.32. The molecule has 2 aliphatic heterocycles. The first-order valence-corrected chi connectivity index (χ1v) is 5.08. The number of amidine groups is 1. The predicted molar refractivity (Wildman–Crippen MR) is 53.7 cm³/mol. The maximum atomic E-state index is 11.6. The molecule has 0 saturated carbocycles. The summed E-state index contributed by atoms with van der Waals surface area (Å²) in [6.07, 6.45) is 2.23. The number of rotatable bonds is 1. The third-order valence-corrected chi connectivity index (χ3v) is 2.58. The molecule has 1 saturated heterocycles. The van der Waals surface area contributed by atoms with Crippen LogP contribution in [0.2, 0.25) is 0 Å². The summed E-state index contributed by atoms with van der Waals surface area (Å²) in [5, 5.41) is 0. The number of carbonyl (C=O) groups excluding carboxylic acids is 1. The minimum absolute atomic E-state index is 0.0302. The van der Waals surface area contributed by atoms with E-state index in [0.717, 1.165) is 25.0 Å². The molecule has 0 bridgehead atoms. The van der Waals surface area contributed by atoms with Gasteiger partial charge in [0.15, 0.2) is 0 Å². The molecule has 2 aliphatic rings. The lowest BCUT2D eigenvalue weighted by Crippen LogP contribution is -2.28. The Morgan fingerprint density at radius 3 is 3.07 bits per heavy atom. The molecule has 0 N–H and O–H groups in total. The first-order valence-electron chi connectivity index (χ1n) is 5.08. The normalized spacial score (nSPS) is 27.5. The average molecular weight is 194 g/mol. The van der Waals surface area contributed by atoms with E-state index in [-0.39, 0.29) is 11.8 Å². The van der Waals surface area contributed by atoms with Crippen molar-refractivity contribution in [2.24, 2.45) is 15.9 Å². The summed E-state index contributed by atoms with van der Waals surface area (Å²) in [4.78, 5) is 20.0. The van der Waals surface area contributed by atoms with Gasteiger partial charge in [-0.25, -0.2) is 4.99 Å². The van der Waals surface area contributed by atoms with Gasteiger partial charge >= 0.3 is 0 Å². The van der Waals surface area contributed by atoms with E-state index in [1.54, 1.807) is 0 Å². The van der Waals surface area contributed by atoms with Gasteiger partial charge in [-0.1, -0.05) is 6.92 Å². The fraction of sp³-hybridized carbons (Fsp3) is 0.700. The van der Waals surface area contributed by atoms with Crippen molar-refractivity contribution < 1.29 is 9.53 Å². The van der Waals surface area contributed by atoms with Crippen LogP contribution in [-0.4, -0.2) is 30.7 Å². The van der Waals surface area contributed by atoms with Crippen LogP contribution in [0.3, 0.4) is 0 Å². The third-order valence-electron chi connectivity index (χ3n) is 2.58. The van der Waals surface area contributed by atoms with Gasteiger partial charge in [-0.15, -0.1) is 0 Å². The van der Waals surface area contributed by atoms with Crippen LogP contribution in [0.15, 0.2) is 9.98 Å². The smallest absolute Gasteiger partial charge is 0.256 e. The van der Waals surface area contributed by atoms with E-state index in [1.807, 2.05) is 6.92 Å². The van der Waals surface area contributed by atoms with E-state index in [1.165, 1.54) is 0 Å². The van der Waals surface area contributed by atoms with E-state index in [0.29, 0.717) is 19.0 Å². The van der Waals surface area contributed by atoms with Gasteiger partial charge in [0.1, 0.15) is 5.84 Å². The monoisotopic (exact) mass is 194 g/mol. The van der Waals surface area contributed by atoms with Gasteiger partial charge in [-0.2, -0.15) is 4.99 Å². The van der Waals surface area contributed by atoms with Gasteiger partial charge in [0.25, 0.3) is 5.91 Å². The summed E-state index contributed by atoms with van der Waals surface area (Å²) in [7, 11) is 0. The fourth-order valence-electron chi connectivity index (χ4n) is 1.77. The van der Waals surface area contributed by atoms with Gasteiger partial charge in [-0.3, -0.25) is 4.79 Å². The molecule has 0 radical (unpaired) electrons. The van der Waals surface area contributed by atoms with Gasteiger partial charge in [0.2, 0.25) is 0 Å². The Morgan fingerprint density at radius 2 is 2.29 bits per heavy atom. The van der Waals surface area contributed by atoms with E-state index < -0.39 is 0 Å². The number of ether oxygens (including phenoxy) is 1. The molecule has 0 unspecified atom stereocenters. The van der Waals surface area contributed by atoms with Crippen molar-refractivity contribution in [3.05, 3.63) is 0 Å². The van der Waals surface area contributed by atoms with Crippen molar-refractivity contribution in [2.75, 3.05) is 13.2 Å². The quantitative estimate of drug-likeness (QED) is 0.629. The van der Waals surface area contributed by atoms with Gasteiger partial charge in [0.05, 0.1) is 12.5 Å². The molecule has 0 aromatic rings. The molecule has 0 aromatic carbocycles. The molecule has 0 aromatic heterocycles. The molecule has 1 amide bonds. The number of amides is 1. The fourth-order valence-corrected chi connectivity index (χ4v) is 1.77. The molecule has 4 heteroatoms. The maximum Gasteiger partial charge on any atom is 0.256 e. The Bertz CT molecular complexity index is 307. The molecule has 1 atom stereocenters. The van der Waals surface area contributed by atoms with Crippen LogP contribution in [0, 0.1) is 5.92 Å². The molecule has 2 heterocycles. The van der Waals surface area contributed by atoms with Gasteiger partial charge < -0.3 is 4.74 Å². The molecule has 4 nitrogen and oxygen atoms in total. The highest BCUT2D eigenvalue weighted by atomic mass is 16.5. The average Bonchev–Trinajstić information content (AvgIpc) is 2.42. The SMILES string of the molecule is CCC1=NC(=O)[C@@H]2CCOCCC2=N1. The highest BCUT2D eigenvalue weighted by Crippen LogP contribution is 2.19.